The summed E-state index contributed by atoms with van der Waals surface area (Å²) in [5.41, 5.74) is 0.747. The van der Waals surface area contributed by atoms with Gasteiger partial charge in [-0.1, -0.05) is 58.0 Å². The zero-order chi connectivity index (χ0) is 28.1. The maximum absolute atomic E-state index is 13.2. The van der Waals surface area contributed by atoms with Gasteiger partial charge in [-0.05, 0) is 30.2 Å². The van der Waals surface area contributed by atoms with Gasteiger partial charge in [0.25, 0.3) is 0 Å². The first kappa shape index (κ1) is 31.9. The fourth-order valence-corrected chi connectivity index (χ4v) is 3.97. The quantitative estimate of drug-likeness (QED) is 0.186. The van der Waals surface area contributed by atoms with Crippen LogP contribution in [0.1, 0.15) is 53.0 Å². The van der Waals surface area contributed by atoms with E-state index >= 15 is 0 Å². The number of amides is 4. The first-order valence-corrected chi connectivity index (χ1v) is 13.0. The van der Waals surface area contributed by atoms with Crippen molar-refractivity contribution in [2.24, 2.45) is 11.8 Å². The van der Waals surface area contributed by atoms with Crippen LogP contribution in [-0.4, -0.2) is 64.6 Å². The first-order chi connectivity index (χ1) is 17.3. The van der Waals surface area contributed by atoms with E-state index in [9.17, 15) is 29.1 Å². The molecule has 37 heavy (non-hydrogen) atoms. The molecule has 0 aliphatic heterocycles. The Morgan fingerprint density at radius 1 is 0.730 bits per heavy atom. The zero-order valence-electron chi connectivity index (χ0n) is 22.1. The summed E-state index contributed by atoms with van der Waals surface area (Å²) in [4.78, 5) is 62.3. The molecule has 11 heteroatoms. The number of nitrogens with one attached hydrogen (secondary N) is 4. The maximum atomic E-state index is 13.2. The summed E-state index contributed by atoms with van der Waals surface area (Å²) in [6, 6.07) is 4.84. The van der Waals surface area contributed by atoms with E-state index in [1.807, 2.05) is 33.8 Å². The predicted octanol–water partition coefficient (Wildman–Crippen LogP) is 1.29. The van der Waals surface area contributed by atoms with Gasteiger partial charge >= 0.3 is 5.97 Å². The first-order valence-electron chi connectivity index (χ1n) is 12.4. The van der Waals surface area contributed by atoms with Crippen LogP contribution in [0.5, 0.6) is 0 Å². The maximum Gasteiger partial charge on any atom is 0.326 e. The fourth-order valence-electron chi connectivity index (χ4n) is 3.71. The number of benzene rings is 1. The molecule has 0 aliphatic carbocycles. The lowest BCUT2D eigenvalue weighted by Gasteiger charge is -2.27. The second-order valence-corrected chi connectivity index (χ2v) is 10.3. The third kappa shape index (κ3) is 12.1. The summed E-state index contributed by atoms with van der Waals surface area (Å²) >= 11 is 4.10. The number of carbonyl (C=O) groups is 5. The number of rotatable bonds is 15. The highest BCUT2D eigenvalue weighted by Crippen LogP contribution is 2.11. The summed E-state index contributed by atoms with van der Waals surface area (Å²) in [5, 5.41) is 20.1. The average Bonchev–Trinajstić information content (AvgIpc) is 2.80. The van der Waals surface area contributed by atoms with E-state index < -0.39 is 53.8 Å². The van der Waals surface area contributed by atoms with E-state index in [1.165, 1.54) is 6.92 Å². The predicted molar refractivity (Wildman–Crippen MR) is 144 cm³/mol. The number of carboxylic acids is 1. The van der Waals surface area contributed by atoms with Gasteiger partial charge in [0.2, 0.25) is 23.6 Å². The topological polar surface area (TPSA) is 154 Å². The molecule has 1 rings (SSSR count). The Hall–Kier alpha value is -3.08. The molecular weight excluding hydrogens is 496 g/mol. The van der Waals surface area contributed by atoms with Crippen LogP contribution in [0.4, 0.5) is 0 Å². The van der Waals surface area contributed by atoms with Gasteiger partial charge in [0.05, 0.1) is 0 Å². The van der Waals surface area contributed by atoms with E-state index in [1.54, 1.807) is 24.3 Å². The minimum atomic E-state index is -1.19. The Bertz CT molecular complexity index is 925. The highest BCUT2D eigenvalue weighted by Gasteiger charge is 2.31. The van der Waals surface area contributed by atoms with Crippen molar-refractivity contribution < 1.29 is 29.1 Å². The molecule has 0 saturated heterocycles. The van der Waals surface area contributed by atoms with Crippen LogP contribution in [0.2, 0.25) is 0 Å². The van der Waals surface area contributed by atoms with Crippen molar-refractivity contribution in [1.82, 2.24) is 21.3 Å². The number of hydrogen-bond acceptors (Lipinski definition) is 6. The normalized spacial score (nSPS) is 14.3. The van der Waals surface area contributed by atoms with Crippen molar-refractivity contribution >= 4 is 42.2 Å². The molecule has 0 fully saturated rings. The molecule has 0 saturated carbocycles. The van der Waals surface area contributed by atoms with Crippen molar-refractivity contribution in [2.45, 2.75) is 78.0 Å². The Morgan fingerprint density at radius 3 is 1.54 bits per heavy atom. The molecule has 0 bridgehead atoms. The van der Waals surface area contributed by atoms with Gasteiger partial charge in [0.15, 0.2) is 0 Å². The van der Waals surface area contributed by atoms with Crippen LogP contribution in [0, 0.1) is 11.8 Å². The van der Waals surface area contributed by atoms with Crippen molar-refractivity contribution in [2.75, 3.05) is 5.75 Å². The van der Waals surface area contributed by atoms with E-state index in [0.717, 1.165) is 5.56 Å². The molecule has 0 aliphatic rings. The monoisotopic (exact) mass is 536 g/mol. The Kier molecular flexibility index (Phi) is 13.7. The lowest BCUT2D eigenvalue weighted by Crippen LogP contribution is -2.58. The van der Waals surface area contributed by atoms with Crippen molar-refractivity contribution in [3.63, 3.8) is 0 Å². The van der Waals surface area contributed by atoms with Crippen LogP contribution in [-0.2, 0) is 30.4 Å². The molecule has 1 aromatic rings. The molecule has 206 valence electrons. The van der Waals surface area contributed by atoms with Crippen molar-refractivity contribution in [1.29, 1.82) is 0 Å². The number of hydrogen-bond donors (Lipinski definition) is 6. The van der Waals surface area contributed by atoms with E-state index in [4.69, 9.17) is 0 Å². The molecule has 5 N–H and O–H groups in total. The Labute approximate surface area is 224 Å². The highest BCUT2D eigenvalue weighted by molar-refractivity contribution is 7.80. The van der Waals surface area contributed by atoms with Crippen LogP contribution in [0.25, 0.3) is 0 Å². The lowest BCUT2D eigenvalue weighted by molar-refractivity contribution is -0.142. The van der Waals surface area contributed by atoms with Gasteiger partial charge in [-0.2, -0.15) is 12.6 Å². The molecule has 0 aromatic heterocycles. The van der Waals surface area contributed by atoms with E-state index in [-0.39, 0.29) is 30.4 Å². The third-order valence-corrected chi connectivity index (χ3v) is 5.82. The summed E-state index contributed by atoms with van der Waals surface area (Å²) in [5.74, 6) is -3.26. The molecular formula is C26H40N4O6S. The van der Waals surface area contributed by atoms with Crippen molar-refractivity contribution in [3.05, 3.63) is 35.9 Å². The smallest absolute Gasteiger partial charge is 0.326 e. The van der Waals surface area contributed by atoms with Gasteiger partial charge in [0.1, 0.15) is 24.2 Å². The SMILES string of the molecule is CC(=O)N[C@@H](CS)C(=O)N[C@@H](CC(C)C)C(=O)N[C@@H](CC(C)C)C(=O)N[C@@H](Cc1ccccc1)C(=O)O. The fraction of sp³-hybridized carbons (Fsp3) is 0.577. The molecule has 4 atom stereocenters. The van der Waals surface area contributed by atoms with Gasteiger partial charge in [0, 0.05) is 19.1 Å². The molecule has 0 spiro atoms. The number of carbonyl (C=O) groups excluding carboxylic acids is 4. The highest BCUT2D eigenvalue weighted by atomic mass is 32.1. The Balaban J connectivity index is 3.03. The van der Waals surface area contributed by atoms with E-state index in [2.05, 4.69) is 33.9 Å². The van der Waals surface area contributed by atoms with Crippen LogP contribution in [0.15, 0.2) is 30.3 Å². The minimum absolute atomic E-state index is 0.0138. The third-order valence-electron chi connectivity index (χ3n) is 5.45. The lowest BCUT2D eigenvalue weighted by atomic mass is 9.99. The van der Waals surface area contributed by atoms with Crippen LogP contribution < -0.4 is 21.3 Å². The second-order valence-electron chi connectivity index (χ2n) is 9.91. The Morgan fingerprint density at radius 2 is 1.16 bits per heavy atom. The van der Waals surface area contributed by atoms with Gasteiger partial charge in [-0.3, -0.25) is 19.2 Å². The standard InChI is InChI=1S/C26H40N4O6S/c1-15(2)11-19(29-25(34)22(14-37)27-17(5)31)23(32)28-20(12-16(3)4)24(33)30-21(26(35)36)13-18-9-7-6-8-10-18/h6-10,15-16,19-22,37H,11-14H2,1-5H3,(H,27,31)(H,28,32)(H,29,34)(H,30,33)(H,35,36)/t19-,20-,21-,22-/m0/s1. The summed E-state index contributed by atoms with van der Waals surface area (Å²) in [7, 11) is 0. The van der Waals surface area contributed by atoms with Crippen LogP contribution in [0.3, 0.4) is 0 Å². The van der Waals surface area contributed by atoms with Gasteiger partial charge in [-0.25, -0.2) is 4.79 Å². The molecule has 4 amide bonds. The molecule has 0 radical (unpaired) electrons. The number of aliphatic carboxylic acids is 1. The summed E-state index contributed by atoms with van der Waals surface area (Å²) in [6.07, 6.45) is 0.645. The molecule has 0 heterocycles. The van der Waals surface area contributed by atoms with Gasteiger partial charge < -0.3 is 26.4 Å². The van der Waals surface area contributed by atoms with Gasteiger partial charge in [-0.15, -0.1) is 0 Å². The molecule has 10 nitrogen and oxygen atoms in total. The summed E-state index contributed by atoms with van der Waals surface area (Å²) in [6.45, 7) is 8.80. The number of carboxylic acid groups (broad SMARTS) is 1. The summed E-state index contributed by atoms with van der Waals surface area (Å²) < 4.78 is 0. The largest absolute Gasteiger partial charge is 0.480 e. The second kappa shape index (κ2) is 15.9. The van der Waals surface area contributed by atoms with E-state index in [0.29, 0.717) is 6.42 Å². The van der Waals surface area contributed by atoms with Crippen molar-refractivity contribution in [3.8, 4) is 0 Å². The molecule has 0 unspecified atom stereocenters. The molecule has 1 aromatic carbocycles. The zero-order valence-corrected chi connectivity index (χ0v) is 23.0. The number of thiol groups is 1. The van der Waals surface area contributed by atoms with Crippen LogP contribution >= 0.6 is 12.6 Å². The minimum Gasteiger partial charge on any atom is -0.480 e. The average molecular weight is 537 g/mol.